The number of carbonyl (C=O) groups is 1. The topological polar surface area (TPSA) is 38.3 Å². The van der Waals surface area contributed by atoms with E-state index in [0.717, 1.165) is 16.6 Å². The summed E-state index contributed by atoms with van der Waals surface area (Å²) in [5.41, 5.74) is 0.262. The zero-order valence-electron chi connectivity index (χ0n) is 13.7. The molecule has 1 heterocycles. The molecule has 1 aromatic heterocycles. The van der Waals surface area contributed by atoms with Gasteiger partial charge in [0.05, 0.1) is 5.56 Å². The summed E-state index contributed by atoms with van der Waals surface area (Å²) in [6.45, 7) is -0.0702. The lowest BCUT2D eigenvalue weighted by Gasteiger charge is -2.10. The van der Waals surface area contributed by atoms with Crippen LogP contribution in [0.2, 0.25) is 0 Å². The van der Waals surface area contributed by atoms with Gasteiger partial charge in [-0.15, -0.1) is 11.3 Å². The van der Waals surface area contributed by atoms with E-state index in [9.17, 15) is 18.0 Å². The predicted molar refractivity (Wildman–Crippen MR) is 102 cm³/mol. The molecule has 8 heteroatoms. The maximum atomic E-state index is 12.8. The van der Waals surface area contributed by atoms with Gasteiger partial charge in [-0.2, -0.15) is 13.2 Å². The third-order valence-corrected chi connectivity index (χ3v) is 5.01. The molecular formula is C19H13BrF3NO2S. The summed E-state index contributed by atoms with van der Waals surface area (Å²) in [7, 11) is 0. The van der Waals surface area contributed by atoms with Crippen LogP contribution >= 0.6 is 27.3 Å². The van der Waals surface area contributed by atoms with E-state index in [1.807, 2.05) is 0 Å². The molecule has 0 saturated heterocycles. The van der Waals surface area contributed by atoms with Gasteiger partial charge < -0.3 is 10.1 Å². The number of halogens is 4. The molecule has 1 amide bonds. The van der Waals surface area contributed by atoms with Crippen LogP contribution in [0.3, 0.4) is 0 Å². The minimum atomic E-state index is -4.41. The number of nitrogens with one attached hydrogen (secondary N) is 1. The number of benzene rings is 2. The minimum absolute atomic E-state index is 0.0702. The summed E-state index contributed by atoms with van der Waals surface area (Å²) in [4.78, 5) is 12.8. The van der Waals surface area contributed by atoms with Gasteiger partial charge in [-0.3, -0.25) is 4.79 Å². The Hall–Kier alpha value is -2.32. The van der Waals surface area contributed by atoms with E-state index in [1.54, 1.807) is 41.8 Å². The van der Waals surface area contributed by atoms with Crippen LogP contribution < -0.4 is 10.1 Å². The van der Waals surface area contributed by atoms with Crippen LogP contribution in [-0.2, 0) is 12.8 Å². The summed E-state index contributed by atoms with van der Waals surface area (Å²) >= 11 is 4.52. The van der Waals surface area contributed by atoms with Crippen molar-refractivity contribution in [2.24, 2.45) is 0 Å². The van der Waals surface area contributed by atoms with E-state index in [2.05, 4.69) is 21.2 Å². The normalized spacial score (nSPS) is 11.3. The van der Waals surface area contributed by atoms with Crippen LogP contribution in [-0.4, -0.2) is 5.91 Å². The number of hydrogen-bond donors (Lipinski definition) is 1. The molecule has 0 fully saturated rings. The lowest BCUT2D eigenvalue weighted by molar-refractivity contribution is -0.137. The average Bonchev–Trinajstić information content (AvgIpc) is 3.10. The van der Waals surface area contributed by atoms with Crippen LogP contribution in [0.25, 0.3) is 0 Å². The minimum Gasteiger partial charge on any atom is -0.487 e. The molecule has 1 N–H and O–H groups in total. The second kappa shape index (κ2) is 8.14. The molecule has 0 aliphatic heterocycles. The fourth-order valence-corrected chi connectivity index (χ4v) is 3.29. The number of rotatable bonds is 5. The van der Waals surface area contributed by atoms with Crippen molar-refractivity contribution < 1.29 is 22.7 Å². The van der Waals surface area contributed by atoms with Crippen LogP contribution in [0.1, 0.15) is 20.8 Å². The fourth-order valence-electron chi connectivity index (χ4n) is 2.30. The Morgan fingerprint density at radius 3 is 2.56 bits per heavy atom. The predicted octanol–water partition coefficient (Wildman–Crippen LogP) is 6.36. The molecule has 3 nitrogen and oxygen atoms in total. The van der Waals surface area contributed by atoms with E-state index in [-0.39, 0.29) is 12.5 Å². The van der Waals surface area contributed by atoms with Crippen molar-refractivity contribution in [2.75, 3.05) is 5.32 Å². The Bertz CT molecular complexity index is 939. The zero-order valence-corrected chi connectivity index (χ0v) is 16.1. The standard InChI is InChI=1S/C19H13BrF3NO2S/c20-14-4-6-15(7-5-14)24-18(25)17-16(8-9-27-17)26-11-12-2-1-3-13(10-12)19(21,22)23/h1-10H,11H2,(H,24,25). The van der Waals surface area contributed by atoms with Gasteiger partial charge in [0.2, 0.25) is 0 Å². The molecule has 0 unspecified atom stereocenters. The van der Waals surface area contributed by atoms with Crippen molar-refractivity contribution in [2.45, 2.75) is 12.8 Å². The van der Waals surface area contributed by atoms with Crippen LogP contribution in [0.15, 0.2) is 64.5 Å². The van der Waals surface area contributed by atoms with Gasteiger partial charge in [0.15, 0.2) is 0 Å². The van der Waals surface area contributed by atoms with Crippen molar-refractivity contribution in [3.8, 4) is 5.75 Å². The molecule has 0 saturated carbocycles. The Balaban J connectivity index is 1.68. The monoisotopic (exact) mass is 455 g/mol. The Morgan fingerprint density at radius 2 is 1.85 bits per heavy atom. The van der Waals surface area contributed by atoms with E-state index >= 15 is 0 Å². The van der Waals surface area contributed by atoms with E-state index in [1.165, 1.54) is 17.4 Å². The number of alkyl halides is 3. The summed E-state index contributed by atoms with van der Waals surface area (Å²) < 4.78 is 44.8. The molecule has 0 atom stereocenters. The van der Waals surface area contributed by atoms with Gasteiger partial charge in [-0.25, -0.2) is 0 Å². The highest BCUT2D eigenvalue weighted by Crippen LogP contribution is 2.31. The smallest absolute Gasteiger partial charge is 0.416 e. The fraction of sp³-hybridized carbons (Fsp3) is 0.105. The van der Waals surface area contributed by atoms with E-state index in [4.69, 9.17) is 4.74 Å². The van der Waals surface area contributed by atoms with Crippen LogP contribution in [0.5, 0.6) is 5.75 Å². The maximum Gasteiger partial charge on any atom is 0.416 e. The Kier molecular flexibility index (Phi) is 5.86. The zero-order chi connectivity index (χ0) is 19.4. The second-order valence-electron chi connectivity index (χ2n) is 5.56. The first kappa shape index (κ1) is 19.4. The number of anilines is 1. The number of carbonyl (C=O) groups excluding carboxylic acids is 1. The molecule has 2 aromatic carbocycles. The molecule has 27 heavy (non-hydrogen) atoms. The van der Waals surface area contributed by atoms with Crippen molar-refractivity contribution in [1.82, 2.24) is 0 Å². The van der Waals surface area contributed by atoms with Gasteiger partial charge in [-0.05, 0) is 53.4 Å². The highest BCUT2D eigenvalue weighted by Gasteiger charge is 2.30. The van der Waals surface area contributed by atoms with Gasteiger partial charge in [0.25, 0.3) is 5.91 Å². The lowest BCUT2D eigenvalue weighted by Crippen LogP contribution is -2.11. The molecule has 0 radical (unpaired) electrons. The number of hydrogen-bond acceptors (Lipinski definition) is 3. The van der Waals surface area contributed by atoms with E-state index in [0.29, 0.717) is 21.9 Å². The third-order valence-electron chi connectivity index (χ3n) is 3.59. The average molecular weight is 456 g/mol. The van der Waals surface area contributed by atoms with Crippen molar-refractivity contribution in [3.63, 3.8) is 0 Å². The van der Waals surface area contributed by atoms with Gasteiger partial charge in [0, 0.05) is 10.2 Å². The molecule has 140 valence electrons. The molecule has 0 aliphatic rings. The Morgan fingerprint density at radius 1 is 1.11 bits per heavy atom. The highest BCUT2D eigenvalue weighted by molar-refractivity contribution is 9.10. The van der Waals surface area contributed by atoms with Crippen LogP contribution in [0.4, 0.5) is 18.9 Å². The largest absolute Gasteiger partial charge is 0.487 e. The van der Waals surface area contributed by atoms with Crippen molar-refractivity contribution in [1.29, 1.82) is 0 Å². The van der Waals surface area contributed by atoms with Gasteiger partial charge in [-0.1, -0.05) is 28.1 Å². The van der Waals surface area contributed by atoms with Crippen molar-refractivity contribution >= 4 is 38.9 Å². The number of ether oxygens (including phenoxy) is 1. The molecule has 3 rings (SSSR count). The molecule has 0 aliphatic carbocycles. The molecule has 3 aromatic rings. The summed E-state index contributed by atoms with van der Waals surface area (Å²) in [6.07, 6.45) is -4.41. The quantitative estimate of drug-likeness (QED) is 0.485. The number of thiophene rings is 1. The second-order valence-corrected chi connectivity index (χ2v) is 7.39. The molecule has 0 spiro atoms. The highest BCUT2D eigenvalue weighted by atomic mass is 79.9. The Labute approximate surface area is 165 Å². The van der Waals surface area contributed by atoms with Crippen LogP contribution in [0, 0.1) is 0 Å². The first-order valence-electron chi connectivity index (χ1n) is 7.76. The lowest BCUT2D eigenvalue weighted by atomic mass is 10.1. The van der Waals surface area contributed by atoms with Crippen molar-refractivity contribution in [3.05, 3.63) is 80.5 Å². The van der Waals surface area contributed by atoms with Gasteiger partial charge in [0.1, 0.15) is 17.2 Å². The summed E-state index contributed by atoms with van der Waals surface area (Å²) in [6, 6.07) is 13.6. The third kappa shape index (κ3) is 5.11. The van der Waals surface area contributed by atoms with Gasteiger partial charge >= 0.3 is 6.18 Å². The maximum absolute atomic E-state index is 12.8. The molecule has 0 bridgehead atoms. The SMILES string of the molecule is O=C(Nc1ccc(Br)cc1)c1sccc1OCc1cccc(C(F)(F)F)c1. The summed E-state index contributed by atoms with van der Waals surface area (Å²) in [5.74, 6) is -0.0154. The first-order valence-corrected chi connectivity index (χ1v) is 9.43. The molecular weight excluding hydrogens is 443 g/mol. The first-order chi connectivity index (χ1) is 12.8. The van der Waals surface area contributed by atoms with E-state index < -0.39 is 11.7 Å². The summed E-state index contributed by atoms with van der Waals surface area (Å²) in [5, 5.41) is 4.45. The number of amides is 1.